The van der Waals surface area contributed by atoms with Gasteiger partial charge in [-0.3, -0.25) is 19.9 Å². The molecule has 2 heterocycles. The number of rotatable bonds is 4. The Balaban J connectivity index is 2.24. The topological polar surface area (TPSA) is 88.3 Å². The van der Waals surface area contributed by atoms with Gasteiger partial charge in [0.25, 0.3) is 0 Å². The van der Waals surface area contributed by atoms with Gasteiger partial charge >= 0.3 is 0 Å². The van der Waals surface area contributed by atoms with E-state index in [1.807, 2.05) is 26.0 Å². The molecule has 0 spiro atoms. The first kappa shape index (κ1) is 14.5. The van der Waals surface area contributed by atoms with E-state index in [2.05, 4.69) is 10.3 Å². The summed E-state index contributed by atoms with van der Waals surface area (Å²) in [5.74, 6) is -0.535. The molecule has 0 radical (unpaired) electrons. The van der Waals surface area contributed by atoms with E-state index in [0.717, 1.165) is 17.8 Å². The van der Waals surface area contributed by atoms with Crippen molar-refractivity contribution in [3.05, 3.63) is 24.0 Å². The summed E-state index contributed by atoms with van der Waals surface area (Å²) in [5, 5.41) is 2.36. The highest BCUT2D eigenvalue weighted by Gasteiger charge is 2.32. The zero-order valence-corrected chi connectivity index (χ0v) is 11.8. The molecular weight excluding hydrogens is 256 g/mol. The number of pyridine rings is 1. The normalized spacial score (nSPS) is 20.8. The van der Waals surface area contributed by atoms with Crippen molar-refractivity contribution in [1.82, 2.24) is 10.3 Å². The second kappa shape index (κ2) is 6.00. The monoisotopic (exact) mass is 276 g/mol. The van der Waals surface area contributed by atoms with Crippen molar-refractivity contribution in [2.24, 2.45) is 5.73 Å². The number of anilines is 1. The molecule has 0 saturated carbocycles. The lowest BCUT2D eigenvalue weighted by Gasteiger charge is -2.35. The average Bonchev–Trinajstić information content (AvgIpc) is 2.46. The van der Waals surface area contributed by atoms with Gasteiger partial charge in [0.2, 0.25) is 11.8 Å². The molecule has 6 heteroatoms. The highest BCUT2D eigenvalue weighted by Crippen LogP contribution is 2.21. The van der Waals surface area contributed by atoms with Crippen molar-refractivity contribution in [3.63, 3.8) is 0 Å². The second-order valence-electron chi connectivity index (χ2n) is 4.92. The molecule has 1 aromatic rings. The SMILES string of the molecule is CCC(N)c1ccc(N2CC(=O)NC(=O)C2CC)cn1. The zero-order chi connectivity index (χ0) is 14.7. The molecule has 1 aliphatic heterocycles. The number of carbonyl (C=O) groups excluding carboxylic acids is 2. The third-order valence-electron chi connectivity index (χ3n) is 3.56. The van der Waals surface area contributed by atoms with Crippen LogP contribution in [0, 0.1) is 0 Å². The predicted octanol–water partition coefficient (Wildman–Crippen LogP) is 0.733. The molecule has 2 amide bonds. The first-order chi connectivity index (χ1) is 9.56. The molecule has 0 aliphatic carbocycles. The van der Waals surface area contributed by atoms with Gasteiger partial charge in [-0.25, -0.2) is 0 Å². The Bertz CT molecular complexity index is 500. The van der Waals surface area contributed by atoms with Crippen LogP contribution in [0.15, 0.2) is 18.3 Å². The van der Waals surface area contributed by atoms with E-state index in [0.29, 0.717) is 6.42 Å². The molecule has 1 aliphatic rings. The molecule has 0 bridgehead atoms. The van der Waals surface area contributed by atoms with Crippen molar-refractivity contribution >= 4 is 17.5 Å². The van der Waals surface area contributed by atoms with Crippen LogP contribution in [0.4, 0.5) is 5.69 Å². The number of hydrogen-bond acceptors (Lipinski definition) is 5. The fourth-order valence-electron chi connectivity index (χ4n) is 2.34. The Labute approximate surface area is 118 Å². The third kappa shape index (κ3) is 2.80. The van der Waals surface area contributed by atoms with Gasteiger partial charge < -0.3 is 10.6 Å². The molecule has 6 nitrogen and oxygen atoms in total. The fourth-order valence-corrected chi connectivity index (χ4v) is 2.34. The van der Waals surface area contributed by atoms with E-state index < -0.39 is 0 Å². The summed E-state index contributed by atoms with van der Waals surface area (Å²) in [6, 6.07) is 3.30. The maximum absolute atomic E-state index is 11.8. The molecule has 1 aromatic heterocycles. The van der Waals surface area contributed by atoms with Crippen LogP contribution in [-0.2, 0) is 9.59 Å². The van der Waals surface area contributed by atoms with Crippen LogP contribution in [0.2, 0.25) is 0 Å². The summed E-state index contributed by atoms with van der Waals surface area (Å²) in [7, 11) is 0. The largest absolute Gasteiger partial charge is 0.349 e. The Kier molecular flexibility index (Phi) is 4.34. The molecule has 1 saturated heterocycles. The minimum Gasteiger partial charge on any atom is -0.349 e. The number of nitrogens with one attached hydrogen (secondary N) is 1. The summed E-state index contributed by atoms with van der Waals surface area (Å²) in [6.07, 6.45) is 3.13. The lowest BCUT2D eigenvalue weighted by molar-refractivity contribution is -0.132. The number of amides is 2. The van der Waals surface area contributed by atoms with E-state index in [1.165, 1.54) is 0 Å². The minimum absolute atomic E-state index is 0.0858. The summed E-state index contributed by atoms with van der Waals surface area (Å²) in [5.41, 5.74) is 7.51. The van der Waals surface area contributed by atoms with Crippen molar-refractivity contribution in [3.8, 4) is 0 Å². The van der Waals surface area contributed by atoms with E-state index >= 15 is 0 Å². The van der Waals surface area contributed by atoms with E-state index in [-0.39, 0.29) is 30.4 Å². The number of aromatic nitrogens is 1. The Hall–Kier alpha value is -1.95. The number of carbonyl (C=O) groups is 2. The molecule has 2 rings (SSSR count). The molecule has 2 unspecified atom stereocenters. The summed E-state index contributed by atoms with van der Waals surface area (Å²) < 4.78 is 0. The van der Waals surface area contributed by atoms with Crippen LogP contribution in [0.1, 0.15) is 38.4 Å². The number of nitrogens with zero attached hydrogens (tertiary/aromatic N) is 2. The van der Waals surface area contributed by atoms with Crippen molar-refractivity contribution in [1.29, 1.82) is 0 Å². The maximum atomic E-state index is 11.8. The maximum Gasteiger partial charge on any atom is 0.249 e. The van der Waals surface area contributed by atoms with Gasteiger partial charge in [0.05, 0.1) is 24.1 Å². The molecule has 108 valence electrons. The quantitative estimate of drug-likeness (QED) is 0.792. The molecule has 20 heavy (non-hydrogen) atoms. The van der Waals surface area contributed by atoms with Crippen LogP contribution >= 0.6 is 0 Å². The fraction of sp³-hybridized carbons (Fsp3) is 0.500. The zero-order valence-electron chi connectivity index (χ0n) is 11.8. The van der Waals surface area contributed by atoms with Gasteiger partial charge in [0.1, 0.15) is 6.04 Å². The van der Waals surface area contributed by atoms with Gasteiger partial charge in [-0.1, -0.05) is 13.8 Å². The summed E-state index contributed by atoms with van der Waals surface area (Å²) in [6.45, 7) is 4.09. The lowest BCUT2D eigenvalue weighted by atomic mass is 10.1. The van der Waals surface area contributed by atoms with Gasteiger partial charge in [0, 0.05) is 6.04 Å². The lowest BCUT2D eigenvalue weighted by Crippen LogP contribution is -2.58. The standard InChI is InChI=1S/C14H20N4O2/c1-3-10(15)11-6-5-9(7-16-11)18-8-13(19)17-14(20)12(18)4-2/h5-7,10,12H,3-4,8,15H2,1-2H3,(H,17,19,20). The van der Waals surface area contributed by atoms with Crippen LogP contribution in [0.3, 0.4) is 0 Å². The first-order valence-electron chi connectivity index (χ1n) is 6.88. The van der Waals surface area contributed by atoms with E-state index in [1.54, 1.807) is 11.1 Å². The van der Waals surface area contributed by atoms with E-state index in [4.69, 9.17) is 5.73 Å². The summed E-state index contributed by atoms with van der Waals surface area (Å²) in [4.78, 5) is 29.5. The van der Waals surface area contributed by atoms with Crippen LogP contribution in [0.5, 0.6) is 0 Å². The number of imide groups is 1. The highest BCUT2D eigenvalue weighted by atomic mass is 16.2. The van der Waals surface area contributed by atoms with Crippen LogP contribution in [-0.4, -0.2) is 29.4 Å². The Morgan fingerprint density at radius 3 is 2.75 bits per heavy atom. The van der Waals surface area contributed by atoms with Crippen molar-refractivity contribution in [2.45, 2.75) is 38.8 Å². The number of hydrogen-bond donors (Lipinski definition) is 2. The Morgan fingerprint density at radius 2 is 2.20 bits per heavy atom. The van der Waals surface area contributed by atoms with Crippen LogP contribution in [0.25, 0.3) is 0 Å². The van der Waals surface area contributed by atoms with Gasteiger partial charge in [-0.2, -0.15) is 0 Å². The smallest absolute Gasteiger partial charge is 0.249 e. The van der Waals surface area contributed by atoms with Gasteiger partial charge in [-0.05, 0) is 25.0 Å². The Morgan fingerprint density at radius 1 is 1.45 bits per heavy atom. The van der Waals surface area contributed by atoms with Gasteiger partial charge in [0.15, 0.2) is 0 Å². The summed E-state index contributed by atoms with van der Waals surface area (Å²) >= 11 is 0. The second-order valence-corrected chi connectivity index (χ2v) is 4.92. The predicted molar refractivity (Wildman–Crippen MR) is 76.0 cm³/mol. The minimum atomic E-state index is -0.333. The van der Waals surface area contributed by atoms with Gasteiger partial charge in [-0.15, -0.1) is 0 Å². The third-order valence-corrected chi connectivity index (χ3v) is 3.56. The van der Waals surface area contributed by atoms with E-state index in [9.17, 15) is 9.59 Å². The molecule has 1 fully saturated rings. The van der Waals surface area contributed by atoms with Crippen molar-refractivity contribution < 1.29 is 9.59 Å². The average molecular weight is 276 g/mol. The number of nitrogens with two attached hydrogens (primary N) is 1. The van der Waals surface area contributed by atoms with Crippen molar-refractivity contribution in [2.75, 3.05) is 11.4 Å². The molecule has 0 aromatic carbocycles. The molecule has 3 N–H and O–H groups in total. The molecule has 2 atom stereocenters. The first-order valence-corrected chi connectivity index (χ1v) is 6.88. The molecular formula is C14H20N4O2. The number of piperazine rings is 1. The van der Waals surface area contributed by atoms with Crippen LogP contribution < -0.4 is 16.0 Å². The highest BCUT2D eigenvalue weighted by molar-refractivity contribution is 6.04.